The van der Waals surface area contributed by atoms with Gasteiger partial charge in [0.15, 0.2) is 5.96 Å². The first kappa shape index (κ1) is 24.5. The first-order valence-electron chi connectivity index (χ1n) is 11.3. The average Bonchev–Trinajstić information content (AvgIpc) is 3.20. The SMILES string of the molecule is CCNC(=NCC(O)CN1CCc2ccccc2C1)NCCc1c[nH]c2ccccc12.I. The van der Waals surface area contributed by atoms with Crippen molar-refractivity contribution in [3.05, 3.63) is 71.4 Å². The second-order valence-corrected chi connectivity index (χ2v) is 8.16. The molecule has 0 aliphatic carbocycles. The molecule has 1 unspecified atom stereocenters. The summed E-state index contributed by atoms with van der Waals surface area (Å²) in [5.74, 6) is 0.755. The van der Waals surface area contributed by atoms with E-state index in [1.165, 1.54) is 27.6 Å². The molecule has 4 rings (SSSR count). The van der Waals surface area contributed by atoms with Gasteiger partial charge in [0.1, 0.15) is 0 Å². The molecule has 0 fully saturated rings. The Kier molecular flexibility index (Phi) is 9.37. The van der Waals surface area contributed by atoms with Crippen molar-refractivity contribution in [3.63, 3.8) is 0 Å². The number of nitrogens with zero attached hydrogens (tertiary/aromatic N) is 2. The van der Waals surface area contributed by atoms with Crippen LogP contribution in [0, 0.1) is 0 Å². The van der Waals surface area contributed by atoms with Crippen LogP contribution < -0.4 is 10.6 Å². The molecule has 7 heteroatoms. The molecule has 172 valence electrons. The highest BCUT2D eigenvalue weighted by Crippen LogP contribution is 2.19. The van der Waals surface area contributed by atoms with Crippen molar-refractivity contribution in [3.8, 4) is 0 Å². The minimum absolute atomic E-state index is 0. The highest BCUT2D eigenvalue weighted by atomic mass is 127. The number of nitrogens with one attached hydrogen (secondary N) is 3. The van der Waals surface area contributed by atoms with Gasteiger partial charge in [-0.1, -0.05) is 42.5 Å². The number of hydrogen-bond acceptors (Lipinski definition) is 3. The van der Waals surface area contributed by atoms with E-state index in [2.05, 4.69) is 81.1 Å². The Morgan fingerprint density at radius 3 is 2.75 bits per heavy atom. The van der Waals surface area contributed by atoms with Gasteiger partial charge in [0.05, 0.1) is 12.6 Å². The number of rotatable bonds is 8. The maximum absolute atomic E-state index is 10.6. The fourth-order valence-electron chi connectivity index (χ4n) is 4.26. The van der Waals surface area contributed by atoms with Gasteiger partial charge in [-0.3, -0.25) is 9.89 Å². The van der Waals surface area contributed by atoms with E-state index >= 15 is 0 Å². The number of halogens is 1. The maximum atomic E-state index is 10.6. The molecule has 0 amide bonds. The van der Waals surface area contributed by atoms with Crippen molar-refractivity contribution < 1.29 is 5.11 Å². The lowest BCUT2D eigenvalue weighted by Crippen LogP contribution is -2.40. The van der Waals surface area contributed by atoms with Crippen LogP contribution in [-0.4, -0.2) is 59.8 Å². The molecule has 32 heavy (non-hydrogen) atoms. The van der Waals surface area contributed by atoms with E-state index in [-0.39, 0.29) is 24.0 Å². The Bertz CT molecular complexity index is 1020. The first-order chi connectivity index (χ1) is 15.2. The molecule has 6 nitrogen and oxygen atoms in total. The molecule has 0 spiro atoms. The van der Waals surface area contributed by atoms with Gasteiger partial charge in [0.2, 0.25) is 0 Å². The molecule has 0 bridgehead atoms. The van der Waals surface area contributed by atoms with E-state index in [1.54, 1.807) is 0 Å². The number of guanidine groups is 1. The smallest absolute Gasteiger partial charge is 0.191 e. The van der Waals surface area contributed by atoms with E-state index in [4.69, 9.17) is 0 Å². The Hall–Kier alpha value is -2.10. The second-order valence-electron chi connectivity index (χ2n) is 8.16. The van der Waals surface area contributed by atoms with Crippen molar-refractivity contribution in [1.29, 1.82) is 0 Å². The van der Waals surface area contributed by atoms with Gasteiger partial charge in [0.25, 0.3) is 0 Å². The van der Waals surface area contributed by atoms with E-state index in [1.807, 2.05) is 6.07 Å². The third-order valence-corrected chi connectivity index (χ3v) is 5.84. The highest BCUT2D eigenvalue weighted by molar-refractivity contribution is 14.0. The van der Waals surface area contributed by atoms with Gasteiger partial charge in [-0.25, -0.2) is 0 Å². The Morgan fingerprint density at radius 1 is 1.12 bits per heavy atom. The molecule has 2 aromatic carbocycles. The summed E-state index contributed by atoms with van der Waals surface area (Å²) < 4.78 is 0. The Labute approximate surface area is 207 Å². The molecule has 1 aliphatic rings. The summed E-state index contributed by atoms with van der Waals surface area (Å²) in [6.45, 7) is 6.55. The topological polar surface area (TPSA) is 75.7 Å². The summed E-state index contributed by atoms with van der Waals surface area (Å²) in [6.07, 6.45) is 3.56. The minimum Gasteiger partial charge on any atom is -0.390 e. The number of fused-ring (bicyclic) bond motifs is 2. The van der Waals surface area contributed by atoms with Crippen LogP contribution in [0.15, 0.2) is 59.7 Å². The third-order valence-electron chi connectivity index (χ3n) is 5.84. The molecule has 3 aromatic rings. The van der Waals surface area contributed by atoms with Crippen LogP contribution >= 0.6 is 24.0 Å². The number of β-amino-alcohol motifs (C(OH)–C–C–N with tert-alkyl or cyclic N) is 1. The van der Waals surface area contributed by atoms with Crippen LogP contribution in [0.3, 0.4) is 0 Å². The number of hydrogen-bond donors (Lipinski definition) is 4. The van der Waals surface area contributed by atoms with Crippen molar-refractivity contribution in [1.82, 2.24) is 20.5 Å². The summed E-state index contributed by atoms with van der Waals surface area (Å²) in [7, 11) is 0. The first-order valence-corrected chi connectivity index (χ1v) is 11.3. The molecule has 0 saturated carbocycles. The molecule has 1 aromatic heterocycles. The molecule has 0 saturated heterocycles. The van der Waals surface area contributed by atoms with E-state index in [0.717, 1.165) is 45.0 Å². The molecule has 4 N–H and O–H groups in total. The number of H-pyrrole nitrogens is 1. The summed E-state index contributed by atoms with van der Waals surface area (Å²) in [4.78, 5) is 10.3. The number of benzene rings is 2. The van der Waals surface area contributed by atoms with Crippen LogP contribution in [0.5, 0.6) is 0 Å². The van der Waals surface area contributed by atoms with Crippen molar-refractivity contribution in [2.45, 2.75) is 32.4 Å². The number of aromatic nitrogens is 1. The molecule has 1 aliphatic heterocycles. The lowest BCUT2D eigenvalue weighted by atomic mass is 10.00. The molecule has 1 atom stereocenters. The second kappa shape index (κ2) is 12.2. The van der Waals surface area contributed by atoms with E-state index in [0.29, 0.717) is 13.1 Å². The Balaban J connectivity index is 0.00000289. The largest absolute Gasteiger partial charge is 0.390 e. The summed E-state index contributed by atoms with van der Waals surface area (Å²) in [5, 5.41) is 18.5. The molecular formula is C25H34IN5O. The van der Waals surface area contributed by atoms with Gasteiger partial charge in [0, 0.05) is 49.8 Å². The van der Waals surface area contributed by atoms with Crippen molar-refractivity contribution >= 4 is 40.8 Å². The van der Waals surface area contributed by atoms with E-state index < -0.39 is 6.10 Å². The summed E-state index contributed by atoms with van der Waals surface area (Å²) in [5.41, 5.74) is 5.27. The van der Waals surface area contributed by atoms with Gasteiger partial charge in [-0.05, 0) is 42.5 Å². The van der Waals surface area contributed by atoms with Crippen LogP contribution in [0.2, 0.25) is 0 Å². The number of para-hydroxylation sites is 1. The zero-order valence-electron chi connectivity index (χ0n) is 18.7. The third kappa shape index (κ3) is 6.46. The monoisotopic (exact) mass is 547 g/mol. The fraction of sp³-hybridized carbons (Fsp3) is 0.400. The standard InChI is InChI=1S/C25H33N5O.HI/c1-2-26-25(27-13-11-20-15-28-24-10-6-5-9-23(20)24)29-16-22(31)18-30-14-12-19-7-3-4-8-21(19)17-30;/h3-10,15,22,28,31H,2,11-14,16-18H2,1H3,(H2,26,27,29);1H. The van der Waals surface area contributed by atoms with Gasteiger partial charge in [-0.15, -0.1) is 24.0 Å². The normalized spacial score (nSPS) is 15.1. The zero-order valence-corrected chi connectivity index (χ0v) is 21.0. The number of aromatic amines is 1. The summed E-state index contributed by atoms with van der Waals surface area (Å²) >= 11 is 0. The average molecular weight is 547 g/mol. The molecular weight excluding hydrogens is 513 g/mol. The highest BCUT2D eigenvalue weighted by Gasteiger charge is 2.18. The lowest BCUT2D eigenvalue weighted by Gasteiger charge is -2.30. The fourth-order valence-corrected chi connectivity index (χ4v) is 4.26. The molecule has 2 heterocycles. The maximum Gasteiger partial charge on any atom is 0.191 e. The van der Waals surface area contributed by atoms with Crippen molar-refractivity contribution in [2.24, 2.45) is 4.99 Å². The van der Waals surface area contributed by atoms with Crippen LogP contribution in [0.4, 0.5) is 0 Å². The van der Waals surface area contributed by atoms with Crippen LogP contribution in [-0.2, 0) is 19.4 Å². The predicted octanol–water partition coefficient (Wildman–Crippen LogP) is 3.30. The predicted molar refractivity (Wildman–Crippen MR) is 143 cm³/mol. The number of aliphatic hydroxyl groups is 1. The van der Waals surface area contributed by atoms with Gasteiger partial charge in [-0.2, -0.15) is 0 Å². The summed E-state index contributed by atoms with van der Waals surface area (Å²) in [6, 6.07) is 17.0. The van der Waals surface area contributed by atoms with Crippen molar-refractivity contribution in [2.75, 3.05) is 32.7 Å². The van der Waals surface area contributed by atoms with Gasteiger partial charge < -0.3 is 20.7 Å². The van der Waals surface area contributed by atoms with E-state index in [9.17, 15) is 5.11 Å². The number of aliphatic imine (C=N–C) groups is 1. The lowest BCUT2D eigenvalue weighted by molar-refractivity contribution is 0.111. The van der Waals surface area contributed by atoms with Crippen LogP contribution in [0.1, 0.15) is 23.6 Å². The van der Waals surface area contributed by atoms with Gasteiger partial charge >= 0.3 is 0 Å². The quantitative estimate of drug-likeness (QED) is 0.199. The minimum atomic E-state index is -0.477. The Morgan fingerprint density at radius 2 is 1.91 bits per heavy atom. The number of aliphatic hydroxyl groups excluding tert-OH is 1. The zero-order chi connectivity index (χ0) is 21.5. The molecule has 0 radical (unpaired) electrons. The van der Waals surface area contributed by atoms with Crippen LogP contribution in [0.25, 0.3) is 10.9 Å².